The van der Waals surface area contributed by atoms with Crippen molar-refractivity contribution < 1.29 is 14.6 Å². The number of aliphatic hydroxyl groups is 2. The van der Waals surface area contributed by atoms with Crippen molar-refractivity contribution in [3.63, 3.8) is 0 Å². The Kier molecular flexibility index (Phi) is 6.43. The van der Waals surface area contributed by atoms with Crippen LogP contribution >= 0.6 is 0 Å². The molecular weight excluding hydrogens is 357 g/mol. The third-order valence-corrected chi connectivity index (χ3v) is 5.58. The topological polar surface area (TPSA) is 78.3 Å². The zero-order chi connectivity index (χ0) is 20.3. The summed E-state index contributed by atoms with van der Waals surface area (Å²) in [6.07, 6.45) is 2.47. The highest BCUT2D eigenvalue weighted by Crippen LogP contribution is 2.35. The van der Waals surface area contributed by atoms with Crippen molar-refractivity contribution in [2.75, 3.05) is 6.61 Å². The standard InChI is InChI=1S/C22H30FN3O2/c1-22(2,3)21-24-9-8-16(26-21)10-17-18(13-27)20(28)11-19(17)25-12-14-4-6-15(23)7-5-14/h4-9,17-20,25,27-28H,10-13H2,1-3H3/t17-,18-,19-,20-/m1/s1. The first kappa shape index (κ1) is 20.8. The van der Waals surface area contributed by atoms with Gasteiger partial charge in [-0.25, -0.2) is 14.4 Å². The van der Waals surface area contributed by atoms with Crippen molar-refractivity contribution in [3.8, 4) is 0 Å². The molecule has 3 N–H and O–H groups in total. The van der Waals surface area contributed by atoms with Gasteiger partial charge in [0.1, 0.15) is 11.6 Å². The van der Waals surface area contributed by atoms with E-state index in [9.17, 15) is 14.6 Å². The smallest absolute Gasteiger partial charge is 0.133 e. The van der Waals surface area contributed by atoms with Gasteiger partial charge < -0.3 is 15.5 Å². The third-order valence-electron chi connectivity index (χ3n) is 5.58. The second kappa shape index (κ2) is 8.64. The van der Waals surface area contributed by atoms with Gasteiger partial charge in [-0.05, 0) is 42.5 Å². The maximum atomic E-state index is 13.1. The van der Waals surface area contributed by atoms with E-state index >= 15 is 0 Å². The Balaban J connectivity index is 1.74. The summed E-state index contributed by atoms with van der Waals surface area (Å²) >= 11 is 0. The van der Waals surface area contributed by atoms with E-state index in [2.05, 4.69) is 31.1 Å². The molecule has 28 heavy (non-hydrogen) atoms. The maximum absolute atomic E-state index is 13.1. The van der Waals surface area contributed by atoms with Gasteiger partial charge in [0.2, 0.25) is 0 Å². The molecule has 1 aliphatic carbocycles. The second-order valence-electron chi connectivity index (χ2n) is 8.75. The molecule has 3 rings (SSSR count). The molecule has 1 heterocycles. The number of hydrogen-bond acceptors (Lipinski definition) is 5. The number of halogens is 1. The number of rotatable bonds is 6. The maximum Gasteiger partial charge on any atom is 0.133 e. The first-order valence-corrected chi connectivity index (χ1v) is 9.87. The zero-order valence-electron chi connectivity index (χ0n) is 16.8. The van der Waals surface area contributed by atoms with E-state index in [1.54, 1.807) is 18.3 Å². The molecule has 152 valence electrons. The van der Waals surface area contributed by atoms with Gasteiger partial charge in [0, 0.05) is 42.4 Å². The van der Waals surface area contributed by atoms with E-state index in [4.69, 9.17) is 4.98 Å². The molecule has 6 heteroatoms. The summed E-state index contributed by atoms with van der Waals surface area (Å²) in [5.41, 5.74) is 1.77. The molecule has 1 saturated carbocycles. The number of aromatic nitrogens is 2. The van der Waals surface area contributed by atoms with Crippen LogP contribution in [-0.2, 0) is 18.4 Å². The van der Waals surface area contributed by atoms with Crippen molar-refractivity contribution in [2.24, 2.45) is 11.8 Å². The van der Waals surface area contributed by atoms with E-state index in [0.717, 1.165) is 17.1 Å². The number of hydrogen-bond donors (Lipinski definition) is 3. The van der Waals surface area contributed by atoms with Crippen LogP contribution in [0.15, 0.2) is 36.5 Å². The van der Waals surface area contributed by atoms with Crippen LogP contribution in [0.3, 0.4) is 0 Å². The van der Waals surface area contributed by atoms with Gasteiger partial charge in [-0.1, -0.05) is 32.9 Å². The Hall–Kier alpha value is -1.89. The molecule has 0 saturated heterocycles. The Bertz CT molecular complexity index is 776. The Morgan fingerprint density at radius 3 is 2.50 bits per heavy atom. The van der Waals surface area contributed by atoms with Crippen molar-refractivity contribution in [1.29, 1.82) is 0 Å². The highest BCUT2D eigenvalue weighted by molar-refractivity contribution is 5.16. The summed E-state index contributed by atoms with van der Waals surface area (Å²) in [4.78, 5) is 9.11. The predicted octanol–water partition coefficient (Wildman–Crippen LogP) is 2.60. The van der Waals surface area contributed by atoms with Gasteiger partial charge in [-0.3, -0.25) is 0 Å². The molecule has 0 bridgehead atoms. The molecule has 0 amide bonds. The zero-order valence-corrected chi connectivity index (χ0v) is 16.8. The molecule has 4 atom stereocenters. The minimum atomic E-state index is -0.551. The first-order valence-electron chi connectivity index (χ1n) is 9.87. The average molecular weight is 387 g/mol. The van der Waals surface area contributed by atoms with Crippen LogP contribution in [0.4, 0.5) is 4.39 Å². The fourth-order valence-electron chi connectivity index (χ4n) is 3.94. The molecule has 0 aliphatic heterocycles. The molecule has 1 fully saturated rings. The lowest BCUT2D eigenvalue weighted by atomic mass is 9.88. The lowest BCUT2D eigenvalue weighted by Gasteiger charge is -2.25. The minimum absolute atomic E-state index is 0.0465. The normalized spacial score (nSPS) is 25.2. The van der Waals surface area contributed by atoms with Crippen molar-refractivity contribution in [3.05, 3.63) is 59.4 Å². The molecule has 1 aliphatic rings. The Morgan fingerprint density at radius 1 is 1.14 bits per heavy atom. The van der Waals surface area contributed by atoms with E-state index in [1.165, 1.54) is 12.1 Å². The fraction of sp³-hybridized carbons (Fsp3) is 0.545. The van der Waals surface area contributed by atoms with E-state index in [0.29, 0.717) is 19.4 Å². The van der Waals surface area contributed by atoms with Gasteiger partial charge in [0.25, 0.3) is 0 Å². The summed E-state index contributed by atoms with van der Waals surface area (Å²) in [6, 6.07) is 8.36. The summed E-state index contributed by atoms with van der Waals surface area (Å²) in [7, 11) is 0. The van der Waals surface area contributed by atoms with E-state index in [-0.39, 0.29) is 35.7 Å². The van der Waals surface area contributed by atoms with Gasteiger partial charge in [-0.2, -0.15) is 0 Å². The van der Waals surface area contributed by atoms with Crippen LogP contribution in [0.1, 0.15) is 44.3 Å². The molecule has 0 radical (unpaired) electrons. The number of benzene rings is 1. The van der Waals surface area contributed by atoms with Gasteiger partial charge in [-0.15, -0.1) is 0 Å². The number of aliphatic hydroxyl groups excluding tert-OH is 2. The molecule has 0 unspecified atom stereocenters. The lowest BCUT2D eigenvalue weighted by Crippen LogP contribution is -2.36. The molecule has 2 aromatic rings. The van der Waals surface area contributed by atoms with Crippen LogP contribution in [-0.4, -0.2) is 38.9 Å². The molecule has 5 nitrogen and oxygen atoms in total. The SMILES string of the molecule is CC(C)(C)c1nccc(C[C@@H]2[C@@H](CO)[C@H](O)C[C@H]2NCc2ccc(F)cc2)n1. The summed E-state index contributed by atoms with van der Waals surface area (Å²) < 4.78 is 13.1. The van der Waals surface area contributed by atoms with Crippen LogP contribution in [0.25, 0.3) is 0 Å². The number of nitrogens with zero attached hydrogens (tertiary/aromatic N) is 2. The second-order valence-corrected chi connectivity index (χ2v) is 8.75. The number of nitrogens with one attached hydrogen (secondary N) is 1. The highest BCUT2D eigenvalue weighted by Gasteiger charge is 2.42. The molecule has 1 aromatic heterocycles. The lowest BCUT2D eigenvalue weighted by molar-refractivity contribution is 0.0715. The quantitative estimate of drug-likeness (QED) is 0.710. The first-order chi connectivity index (χ1) is 13.3. The fourth-order valence-corrected chi connectivity index (χ4v) is 3.94. The van der Waals surface area contributed by atoms with Crippen LogP contribution < -0.4 is 5.32 Å². The van der Waals surface area contributed by atoms with Gasteiger partial charge in [0.05, 0.1) is 6.10 Å². The minimum Gasteiger partial charge on any atom is -0.396 e. The van der Waals surface area contributed by atoms with E-state index < -0.39 is 6.10 Å². The Morgan fingerprint density at radius 2 is 1.86 bits per heavy atom. The Labute approximate surface area is 166 Å². The summed E-state index contributed by atoms with van der Waals surface area (Å²) in [6.45, 7) is 6.76. The molecule has 1 aromatic carbocycles. The summed E-state index contributed by atoms with van der Waals surface area (Å²) in [5.74, 6) is 0.401. The van der Waals surface area contributed by atoms with Gasteiger partial charge in [0.15, 0.2) is 0 Å². The monoisotopic (exact) mass is 387 g/mol. The van der Waals surface area contributed by atoms with Crippen LogP contribution in [0.5, 0.6) is 0 Å². The van der Waals surface area contributed by atoms with Crippen molar-refractivity contribution in [1.82, 2.24) is 15.3 Å². The highest BCUT2D eigenvalue weighted by atomic mass is 19.1. The summed E-state index contributed by atoms with van der Waals surface area (Å²) in [5, 5.41) is 23.8. The van der Waals surface area contributed by atoms with Crippen molar-refractivity contribution in [2.45, 2.75) is 57.7 Å². The predicted molar refractivity (Wildman–Crippen MR) is 106 cm³/mol. The van der Waals surface area contributed by atoms with Crippen LogP contribution in [0.2, 0.25) is 0 Å². The largest absolute Gasteiger partial charge is 0.396 e. The molecular formula is C22H30FN3O2. The van der Waals surface area contributed by atoms with Gasteiger partial charge >= 0.3 is 0 Å². The van der Waals surface area contributed by atoms with Crippen LogP contribution in [0, 0.1) is 17.7 Å². The molecule has 0 spiro atoms. The van der Waals surface area contributed by atoms with E-state index in [1.807, 2.05) is 6.07 Å². The van der Waals surface area contributed by atoms with Crippen molar-refractivity contribution >= 4 is 0 Å². The average Bonchev–Trinajstić information content (AvgIpc) is 2.95. The third kappa shape index (κ3) is 4.93.